The van der Waals surface area contributed by atoms with Gasteiger partial charge in [0.05, 0.1) is 0 Å². The van der Waals surface area contributed by atoms with E-state index in [0.717, 1.165) is 38.5 Å². The average molecular weight is 578 g/mol. The summed E-state index contributed by atoms with van der Waals surface area (Å²) in [6.07, 6.45) is 35.6. The number of unbranched alkanes of at least 4 members (excludes halogenated alkanes) is 16. The first-order chi connectivity index (χ1) is 20.1. The molecular weight excluding hydrogens is 510 g/mol. The molecule has 0 unspecified atom stereocenters. The quantitative estimate of drug-likeness (QED) is 0.0504. The molecular formula is C36H67NO4. The number of allylic oxidation sites excluding steroid dienone is 2. The molecule has 41 heavy (non-hydrogen) atoms. The van der Waals surface area contributed by atoms with E-state index in [-0.39, 0.29) is 11.9 Å². The summed E-state index contributed by atoms with van der Waals surface area (Å²) in [7, 11) is 2.07. The van der Waals surface area contributed by atoms with Crippen molar-refractivity contribution >= 4 is 11.9 Å². The lowest BCUT2D eigenvalue weighted by Crippen LogP contribution is -2.24. The molecule has 1 N–H and O–H groups in total. The lowest BCUT2D eigenvalue weighted by Gasteiger charge is -2.16. The predicted molar refractivity (Wildman–Crippen MR) is 175 cm³/mol. The fourth-order valence-electron chi connectivity index (χ4n) is 4.99. The molecule has 0 aromatic rings. The maximum absolute atomic E-state index is 11.9. The number of nitrogens with one attached hydrogen (secondary N) is 1. The van der Waals surface area contributed by atoms with Gasteiger partial charge in [-0.15, -0.1) is 0 Å². The Kier molecular flexibility index (Phi) is 31.6. The third kappa shape index (κ3) is 31.2. The highest BCUT2D eigenvalue weighted by atomic mass is 16.5. The number of ether oxygens (including phenoxy) is 2. The van der Waals surface area contributed by atoms with Crippen molar-refractivity contribution in [1.82, 2.24) is 5.32 Å². The van der Waals surface area contributed by atoms with Crippen LogP contribution in [0.2, 0.25) is 0 Å². The molecule has 5 heteroatoms. The smallest absolute Gasteiger partial charge is 0.306 e. The van der Waals surface area contributed by atoms with E-state index in [1.807, 2.05) is 12.2 Å². The molecule has 0 aromatic heterocycles. The van der Waals surface area contributed by atoms with E-state index in [1.165, 1.54) is 103 Å². The number of hydrogen-bond donors (Lipinski definition) is 1. The molecule has 0 fully saturated rings. The van der Waals surface area contributed by atoms with Crippen LogP contribution in [0.4, 0.5) is 0 Å². The van der Waals surface area contributed by atoms with E-state index in [0.29, 0.717) is 32.1 Å². The van der Waals surface area contributed by atoms with Gasteiger partial charge in [0.1, 0.15) is 13.2 Å². The van der Waals surface area contributed by atoms with Gasteiger partial charge in [-0.25, -0.2) is 0 Å². The van der Waals surface area contributed by atoms with Gasteiger partial charge in [0.2, 0.25) is 0 Å². The Hall–Kier alpha value is -1.62. The first-order valence-corrected chi connectivity index (χ1v) is 17.4. The normalized spacial score (nSPS) is 11.7. The highest BCUT2D eigenvalue weighted by molar-refractivity contribution is 5.69. The molecule has 0 radical (unpaired) electrons. The molecule has 0 heterocycles. The standard InChI is InChI=1S/C36H67NO4/c1-4-6-8-10-12-20-26-32-40-35(38)30-24-18-14-16-22-28-34(37-3)29-23-17-15-19-25-31-36(39)41-33-27-21-13-11-9-7-5-2/h20-21,26-27,34,37H,4-19,22-25,28-33H2,1-3H3/b26-20-,27-21-. The highest BCUT2D eigenvalue weighted by Gasteiger charge is 2.07. The molecule has 0 aliphatic carbocycles. The molecule has 0 saturated carbocycles. The highest BCUT2D eigenvalue weighted by Crippen LogP contribution is 2.14. The van der Waals surface area contributed by atoms with Gasteiger partial charge in [0, 0.05) is 18.9 Å². The minimum atomic E-state index is -0.0629. The Morgan fingerprint density at radius 3 is 1.34 bits per heavy atom. The first kappa shape index (κ1) is 39.4. The second-order valence-electron chi connectivity index (χ2n) is 11.6. The summed E-state index contributed by atoms with van der Waals surface area (Å²) in [5, 5.41) is 3.48. The van der Waals surface area contributed by atoms with Gasteiger partial charge in [-0.1, -0.05) is 128 Å². The Morgan fingerprint density at radius 2 is 0.927 bits per heavy atom. The van der Waals surface area contributed by atoms with E-state index < -0.39 is 0 Å². The summed E-state index contributed by atoms with van der Waals surface area (Å²) in [4.78, 5) is 23.7. The molecule has 240 valence electrons. The van der Waals surface area contributed by atoms with E-state index >= 15 is 0 Å². The van der Waals surface area contributed by atoms with E-state index in [2.05, 4.69) is 38.4 Å². The van der Waals surface area contributed by atoms with Crippen molar-refractivity contribution in [3.63, 3.8) is 0 Å². The molecule has 0 aliphatic heterocycles. The summed E-state index contributed by atoms with van der Waals surface area (Å²) in [6, 6.07) is 0.597. The van der Waals surface area contributed by atoms with Crippen molar-refractivity contribution in [3.05, 3.63) is 24.3 Å². The topological polar surface area (TPSA) is 64.6 Å². The van der Waals surface area contributed by atoms with Gasteiger partial charge in [-0.2, -0.15) is 0 Å². The fraction of sp³-hybridized carbons (Fsp3) is 0.833. The molecule has 0 spiro atoms. The van der Waals surface area contributed by atoms with Crippen molar-refractivity contribution in [2.24, 2.45) is 0 Å². The Morgan fingerprint density at radius 1 is 0.537 bits per heavy atom. The van der Waals surface area contributed by atoms with Gasteiger partial charge in [0.25, 0.3) is 0 Å². The zero-order chi connectivity index (χ0) is 30.1. The van der Waals surface area contributed by atoms with Gasteiger partial charge in [-0.3, -0.25) is 9.59 Å². The van der Waals surface area contributed by atoms with Crippen LogP contribution in [0.1, 0.15) is 168 Å². The summed E-state index contributed by atoms with van der Waals surface area (Å²) in [5.41, 5.74) is 0. The van der Waals surface area contributed by atoms with Crippen LogP contribution in [0.5, 0.6) is 0 Å². The van der Waals surface area contributed by atoms with E-state index in [1.54, 1.807) is 0 Å². The second-order valence-corrected chi connectivity index (χ2v) is 11.6. The predicted octanol–water partition coefficient (Wildman–Crippen LogP) is 10.2. The van der Waals surface area contributed by atoms with Crippen LogP contribution in [0, 0.1) is 0 Å². The zero-order valence-corrected chi connectivity index (χ0v) is 27.4. The number of hydrogen-bond acceptors (Lipinski definition) is 5. The van der Waals surface area contributed by atoms with Gasteiger partial charge >= 0.3 is 11.9 Å². The fourth-order valence-corrected chi connectivity index (χ4v) is 4.99. The summed E-state index contributed by atoms with van der Waals surface area (Å²) >= 11 is 0. The van der Waals surface area contributed by atoms with E-state index in [4.69, 9.17) is 9.47 Å². The third-order valence-electron chi connectivity index (χ3n) is 7.74. The third-order valence-corrected chi connectivity index (χ3v) is 7.74. The molecule has 0 saturated heterocycles. The zero-order valence-electron chi connectivity index (χ0n) is 27.4. The van der Waals surface area contributed by atoms with Crippen LogP contribution < -0.4 is 5.32 Å². The van der Waals surface area contributed by atoms with Crippen LogP contribution in [0.15, 0.2) is 24.3 Å². The molecule has 0 aromatic carbocycles. The van der Waals surface area contributed by atoms with Gasteiger partial charge < -0.3 is 14.8 Å². The largest absolute Gasteiger partial charge is 0.461 e. The van der Waals surface area contributed by atoms with E-state index in [9.17, 15) is 9.59 Å². The van der Waals surface area contributed by atoms with Crippen LogP contribution in [-0.2, 0) is 19.1 Å². The average Bonchev–Trinajstić information content (AvgIpc) is 2.97. The molecule has 0 rings (SSSR count). The van der Waals surface area contributed by atoms with Crippen LogP contribution in [0.25, 0.3) is 0 Å². The van der Waals surface area contributed by atoms with Crippen molar-refractivity contribution in [2.75, 3.05) is 20.3 Å². The molecule has 0 amide bonds. The van der Waals surface area contributed by atoms with Gasteiger partial charge in [0.15, 0.2) is 0 Å². The molecule has 5 nitrogen and oxygen atoms in total. The van der Waals surface area contributed by atoms with Crippen molar-refractivity contribution < 1.29 is 19.1 Å². The number of carbonyl (C=O) groups is 2. The minimum absolute atomic E-state index is 0.0629. The lowest BCUT2D eigenvalue weighted by molar-refractivity contribution is -0.143. The first-order valence-electron chi connectivity index (χ1n) is 17.4. The molecule has 0 aliphatic rings. The van der Waals surface area contributed by atoms with Crippen LogP contribution in [0.3, 0.4) is 0 Å². The molecule has 0 atom stereocenters. The minimum Gasteiger partial charge on any atom is -0.461 e. The summed E-state index contributed by atoms with van der Waals surface area (Å²) < 4.78 is 10.6. The monoisotopic (exact) mass is 578 g/mol. The molecule has 0 bridgehead atoms. The maximum Gasteiger partial charge on any atom is 0.306 e. The number of rotatable bonds is 31. The van der Waals surface area contributed by atoms with Gasteiger partial charge in [-0.05, 0) is 58.4 Å². The Balaban J connectivity index is 3.51. The number of esters is 2. The lowest BCUT2D eigenvalue weighted by atomic mass is 10.00. The second kappa shape index (κ2) is 32.9. The summed E-state index contributed by atoms with van der Waals surface area (Å²) in [5.74, 6) is -0.126. The number of carbonyl (C=O) groups excluding carboxylic acids is 2. The van der Waals surface area contributed by atoms with Crippen molar-refractivity contribution in [2.45, 2.75) is 174 Å². The van der Waals surface area contributed by atoms with Crippen molar-refractivity contribution in [1.29, 1.82) is 0 Å². The summed E-state index contributed by atoms with van der Waals surface area (Å²) in [6.45, 7) is 5.29. The Bertz CT molecular complexity index is 579. The van der Waals surface area contributed by atoms with Crippen LogP contribution >= 0.6 is 0 Å². The van der Waals surface area contributed by atoms with Crippen LogP contribution in [-0.4, -0.2) is 38.2 Å². The maximum atomic E-state index is 11.9. The Labute approximate surface area is 254 Å². The SMILES string of the molecule is CCCCCC/C=C\COC(=O)CCCCCCCC(CCCCCCCC(=O)OC/C=C\CCCCCC)NC. The van der Waals surface area contributed by atoms with Crippen molar-refractivity contribution in [3.8, 4) is 0 Å².